The largest absolute Gasteiger partial charge is 0.494 e. The maximum absolute atomic E-state index is 13.2. The van der Waals surface area contributed by atoms with Crippen LogP contribution in [0.4, 0.5) is 13.2 Å². The summed E-state index contributed by atoms with van der Waals surface area (Å²) in [6, 6.07) is 4.19. The zero-order valence-electron chi connectivity index (χ0n) is 18.0. The number of carbonyl (C=O) groups excluding carboxylic acids is 1. The van der Waals surface area contributed by atoms with Crippen molar-refractivity contribution >= 4 is 16.8 Å². The number of pyridine rings is 1. The third-order valence-corrected chi connectivity index (χ3v) is 5.68. The minimum absolute atomic E-state index is 0.0156. The molecule has 176 valence electrons. The first-order valence-electron chi connectivity index (χ1n) is 10.4. The van der Waals surface area contributed by atoms with Crippen LogP contribution in [0.15, 0.2) is 28.7 Å². The predicted octanol–water partition coefficient (Wildman–Crippen LogP) is 3.53. The highest BCUT2D eigenvalue weighted by atomic mass is 19.4. The van der Waals surface area contributed by atoms with Crippen molar-refractivity contribution in [1.29, 1.82) is 0 Å². The SMILES string of the molecule is COc1ccc(-c2nc(C(=O)N3CCC[C@@H]3CO)c([C@H](C)N)o2)c2ccc(C(F)(F)F)nc12. The Balaban J connectivity index is 1.85. The summed E-state index contributed by atoms with van der Waals surface area (Å²) in [6.07, 6.45) is -3.19. The highest BCUT2D eigenvalue weighted by molar-refractivity contribution is 5.98. The van der Waals surface area contributed by atoms with Gasteiger partial charge in [-0.3, -0.25) is 4.79 Å². The second-order valence-electron chi connectivity index (χ2n) is 7.90. The molecule has 2 atom stereocenters. The number of carbonyl (C=O) groups is 1. The van der Waals surface area contributed by atoms with E-state index in [9.17, 15) is 23.1 Å². The van der Waals surface area contributed by atoms with Gasteiger partial charge in [0.25, 0.3) is 5.91 Å². The molecule has 4 rings (SSSR count). The second-order valence-corrected chi connectivity index (χ2v) is 7.90. The Hall–Kier alpha value is -3.18. The first kappa shape index (κ1) is 23.0. The number of hydrogen-bond acceptors (Lipinski definition) is 7. The van der Waals surface area contributed by atoms with E-state index < -0.39 is 23.8 Å². The lowest BCUT2D eigenvalue weighted by Gasteiger charge is -2.22. The molecule has 0 spiro atoms. The van der Waals surface area contributed by atoms with Gasteiger partial charge in [-0.2, -0.15) is 13.2 Å². The molecular formula is C22H23F3N4O4. The number of ether oxygens (including phenoxy) is 1. The van der Waals surface area contributed by atoms with Crippen molar-refractivity contribution in [2.45, 2.75) is 38.0 Å². The lowest BCUT2D eigenvalue weighted by molar-refractivity contribution is -0.140. The van der Waals surface area contributed by atoms with Crippen molar-refractivity contribution < 1.29 is 32.2 Å². The summed E-state index contributed by atoms with van der Waals surface area (Å²) in [7, 11) is 1.33. The van der Waals surface area contributed by atoms with Crippen LogP contribution < -0.4 is 10.5 Å². The number of fused-ring (bicyclic) bond motifs is 1. The standard InChI is InChI=1S/C22H23F3N4O4/c1-11(26)19-18(21(31)29-9-3-4-12(29)10-30)28-20(33-19)14-5-7-15(32-2)17-13(14)6-8-16(27-17)22(23,24)25/h5-8,11-12,30H,3-4,9-10,26H2,1-2H3/t11-,12+/m0/s1. The van der Waals surface area contributed by atoms with Gasteiger partial charge in [0.05, 0.1) is 25.8 Å². The number of benzene rings is 1. The molecule has 1 aliphatic heterocycles. The van der Waals surface area contributed by atoms with Crippen molar-refractivity contribution in [3.05, 3.63) is 41.4 Å². The number of halogens is 3. The molecule has 1 aliphatic rings. The molecule has 3 aromatic rings. The van der Waals surface area contributed by atoms with Crippen LogP contribution in [0.5, 0.6) is 5.75 Å². The second kappa shape index (κ2) is 8.64. The third-order valence-electron chi connectivity index (χ3n) is 5.68. The van der Waals surface area contributed by atoms with E-state index in [1.54, 1.807) is 13.0 Å². The summed E-state index contributed by atoms with van der Waals surface area (Å²) in [4.78, 5) is 22.8. The predicted molar refractivity (Wildman–Crippen MR) is 113 cm³/mol. The number of rotatable bonds is 5. The molecule has 0 bridgehead atoms. The summed E-state index contributed by atoms with van der Waals surface area (Å²) in [5.74, 6) is -0.0795. The zero-order chi connectivity index (χ0) is 23.9. The molecule has 1 fully saturated rings. The van der Waals surface area contributed by atoms with E-state index in [0.29, 0.717) is 23.9 Å². The lowest BCUT2D eigenvalue weighted by atomic mass is 10.1. The molecule has 1 amide bonds. The fraction of sp³-hybridized carbons (Fsp3) is 0.409. The number of likely N-dealkylation sites (tertiary alicyclic amines) is 1. The number of hydrogen-bond donors (Lipinski definition) is 2. The number of methoxy groups -OCH3 is 1. The van der Waals surface area contributed by atoms with Gasteiger partial charge >= 0.3 is 6.18 Å². The smallest absolute Gasteiger partial charge is 0.433 e. The van der Waals surface area contributed by atoms with Gasteiger partial charge in [-0.15, -0.1) is 0 Å². The Morgan fingerprint density at radius 3 is 2.73 bits per heavy atom. The van der Waals surface area contributed by atoms with Crippen LogP contribution in [0.3, 0.4) is 0 Å². The van der Waals surface area contributed by atoms with E-state index in [1.807, 2.05) is 0 Å². The van der Waals surface area contributed by atoms with Gasteiger partial charge in [-0.05, 0) is 44.0 Å². The van der Waals surface area contributed by atoms with E-state index in [-0.39, 0.29) is 41.3 Å². The van der Waals surface area contributed by atoms with E-state index in [4.69, 9.17) is 14.9 Å². The first-order chi connectivity index (χ1) is 15.7. The number of aliphatic hydroxyl groups is 1. The van der Waals surface area contributed by atoms with Crippen LogP contribution in [0.1, 0.15) is 47.7 Å². The fourth-order valence-corrected chi connectivity index (χ4v) is 4.04. The normalized spacial score (nSPS) is 17.5. The molecule has 0 saturated carbocycles. The quantitative estimate of drug-likeness (QED) is 0.594. The van der Waals surface area contributed by atoms with Crippen LogP contribution in [0, 0.1) is 0 Å². The molecule has 0 aliphatic carbocycles. The van der Waals surface area contributed by atoms with E-state index in [0.717, 1.165) is 12.5 Å². The average Bonchev–Trinajstić information content (AvgIpc) is 3.44. The van der Waals surface area contributed by atoms with Gasteiger partial charge in [0.2, 0.25) is 5.89 Å². The third kappa shape index (κ3) is 4.13. The fourth-order valence-electron chi connectivity index (χ4n) is 4.04. The van der Waals surface area contributed by atoms with Gasteiger partial charge in [0.15, 0.2) is 11.5 Å². The number of nitrogens with zero attached hydrogens (tertiary/aromatic N) is 3. The molecule has 2 aromatic heterocycles. The van der Waals surface area contributed by atoms with Crippen LogP contribution >= 0.6 is 0 Å². The molecule has 0 unspecified atom stereocenters. The Labute approximate surface area is 187 Å². The Morgan fingerprint density at radius 2 is 2.09 bits per heavy atom. The van der Waals surface area contributed by atoms with E-state index in [1.165, 1.54) is 24.1 Å². The molecule has 3 heterocycles. The van der Waals surface area contributed by atoms with Gasteiger partial charge < -0.3 is 24.9 Å². The number of amides is 1. The average molecular weight is 464 g/mol. The molecule has 0 radical (unpaired) electrons. The lowest BCUT2D eigenvalue weighted by Crippen LogP contribution is -2.38. The number of nitrogens with two attached hydrogens (primary N) is 1. The highest BCUT2D eigenvalue weighted by Crippen LogP contribution is 2.37. The van der Waals surface area contributed by atoms with Crippen LogP contribution in [0.2, 0.25) is 0 Å². The van der Waals surface area contributed by atoms with E-state index in [2.05, 4.69) is 9.97 Å². The van der Waals surface area contributed by atoms with E-state index >= 15 is 0 Å². The maximum Gasteiger partial charge on any atom is 0.433 e. The summed E-state index contributed by atoms with van der Waals surface area (Å²) in [5.41, 5.74) is 5.31. The van der Waals surface area contributed by atoms with Gasteiger partial charge in [0.1, 0.15) is 17.0 Å². The van der Waals surface area contributed by atoms with Gasteiger partial charge in [-0.1, -0.05) is 0 Å². The summed E-state index contributed by atoms with van der Waals surface area (Å²) >= 11 is 0. The summed E-state index contributed by atoms with van der Waals surface area (Å²) in [6.45, 7) is 1.94. The molecule has 3 N–H and O–H groups in total. The minimum Gasteiger partial charge on any atom is -0.494 e. The molecule has 33 heavy (non-hydrogen) atoms. The number of aliphatic hydroxyl groups excluding tert-OH is 1. The molecule has 11 heteroatoms. The van der Waals surface area contributed by atoms with Crippen LogP contribution in [-0.2, 0) is 6.18 Å². The Bertz CT molecular complexity index is 1190. The maximum atomic E-state index is 13.2. The topological polar surface area (TPSA) is 115 Å². The van der Waals surface area contributed by atoms with Crippen molar-refractivity contribution in [1.82, 2.24) is 14.9 Å². The monoisotopic (exact) mass is 464 g/mol. The molecular weight excluding hydrogens is 441 g/mol. The summed E-state index contributed by atoms with van der Waals surface area (Å²) < 4.78 is 50.7. The number of oxazole rings is 1. The van der Waals surface area contributed by atoms with Crippen molar-refractivity contribution in [3.8, 4) is 17.2 Å². The van der Waals surface area contributed by atoms with Crippen LogP contribution in [0.25, 0.3) is 22.4 Å². The highest BCUT2D eigenvalue weighted by Gasteiger charge is 2.35. The Morgan fingerprint density at radius 1 is 1.33 bits per heavy atom. The molecule has 1 aromatic carbocycles. The summed E-state index contributed by atoms with van der Waals surface area (Å²) in [5, 5.41) is 9.89. The molecule has 1 saturated heterocycles. The Kier molecular flexibility index (Phi) is 6.02. The van der Waals surface area contributed by atoms with Crippen molar-refractivity contribution in [2.24, 2.45) is 5.73 Å². The molecule has 8 nitrogen and oxygen atoms in total. The van der Waals surface area contributed by atoms with Crippen molar-refractivity contribution in [2.75, 3.05) is 20.3 Å². The number of aromatic nitrogens is 2. The van der Waals surface area contributed by atoms with Crippen molar-refractivity contribution in [3.63, 3.8) is 0 Å². The minimum atomic E-state index is -4.63. The van der Waals surface area contributed by atoms with Gasteiger partial charge in [-0.25, -0.2) is 9.97 Å². The first-order valence-corrected chi connectivity index (χ1v) is 10.4. The number of alkyl halides is 3. The van der Waals surface area contributed by atoms with Crippen LogP contribution in [-0.4, -0.2) is 52.2 Å². The van der Waals surface area contributed by atoms with Gasteiger partial charge in [0, 0.05) is 17.5 Å². The zero-order valence-corrected chi connectivity index (χ0v) is 18.0.